The molecule has 0 aliphatic heterocycles. The Bertz CT molecular complexity index is 915. The van der Waals surface area contributed by atoms with Crippen LogP contribution in [0.15, 0.2) is 41.3 Å². The molecule has 2 rings (SSSR count). The van der Waals surface area contributed by atoms with E-state index >= 15 is 0 Å². The van der Waals surface area contributed by atoms with Crippen LogP contribution < -0.4 is 9.04 Å². The highest BCUT2D eigenvalue weighted by atomic mass is 35.5. The molecule has 7 nitrogen and oxygen atoms in total. The zero-order chi connectivity index (χ0) is 18.8. The zero-order valence-electron chi connectivity index (χ0n) is 13.9. The minimum Gasteiger partial charge on any atom is -0.495 e. The molecule has 2 aromatic carbocycles. The van der Waals surface area contributed by atoms with Gasteiger partial charge in [-0.3, -0.25) is 14.4 Å². The Kier molecular flexibility index (Phi) is 5.54. The zero-order valence-corrected chi connectivity index (χ0v) is 15.5. The number of sulfonamides is 1. The number of hydrogen-bond acceptors (Lipinski definition) is 5. The van der Waals surface area contributed by atoms with Gasteiger partial charge in [0, 0.05) is 18.2 Å². The molecule has 0 spiro atoms. The SMILES string of the molecule is CCN(c1ccc(OC)c(Cl)c1)S(=O)(=O)c1ccc(C)c([N+](=O)[O-])c1. The second-order valence-electron chi connectivity index (χ2n) is 5.19. The molecule has 0 radical (unpaired) electrons. The van der Waals surface area contributed by atoms with Gasteiger partial charge in [-0.25, -0.2) is 8.42 Å². The summed E-state index contributed by atoms with van der Waals surface area (Å²) in [5.41, 5.74) is 0.487. The van der Waals surface area contributed by atoms with E-state index < -0.39 is 14.9 Å². The molecule has 2 aromatic rings. The fourth-order valence-corrected chi connectivity index (χ4v) is 4.11. The lowest BCUT2D eigenvalue weighted by Crippen LogP contribution is -2.30. The van der Waals surface area contributed by atoms with E-state index in [4.69, 9.17) is 16.3 Å². The van der Waals surface area contributed by atoms with Gasteiger partial charge in [-0.05, 0) is 38.1 Å². The quantitative estimate of drug-likeness (QED) is 0.558. The molecule has 0 heterocycles. The van der Waals surface area contributed by atoms with E-state index in [1.54, 1.807) is 26.0 Å². The van der Waals surface area contributed by atoms with Crippen LogP contribution in [-0.4, -0.2) is 27.0 Å². The molecular weight excluding hydrogens is 368 g/mol. The molecule has 0 aromatic heterocycles. The highest BCUT2D eigenvalue weighted by Crippen LogP contribution is 2.32. The maximum Gasteiger partial charge on any atom is 0.273 e. The number of nitro groups is 1. The summed E-state index contributed by atoms with van der Waals surface area (Å²) in [6, 6.07) is 8.44. The first kappa shape index (κ1) is 19.0. The first-order chi connectivity index (χ1) is 11.7. The van der Waals surface area contributed by atoms with Crippen LogP contribution >= 0.6 is 11.6 Å². The van der Waals surface area contributed by atoms with E-state index in [-0.39, 0.29) is 22.2 Å². The van der Waals surface area contributed by atoms with Gasteiger partial charge in [0.1, 0.15) is 5.75 Å². The first-order valence-electron chi connectivity index (χ1n) is 7.33. The van der Waals surface area contributed by atoms with Crippen molar-refractivity contribution in [1.82, 2.24) is 0 Å². The van der Waals surface area contributed by atoms with Crippen LogP contribution in [0.5, 0.6) is 5.75 Å². The number of methoxy groups -OCH3 is 1. The Labute approximate surface area is 151 Å². The molecule has 0 saturated carbocycles. The molecule has 0 saturated heterocycles. The van der Waals surface area contributed by atoms with Crippen LogP contribution in [0.1, 0.15) is 12.5 Å². The number of aryl methyl sites for hydroxylation is 1. The van der Waals surface area contributed by atoms with Gasteiger partial charge >= 0.3 is 0 Å². The highest BCUT2D eigenvalue weighted by Gasteiger charge is 2.26. The number of nitrogens with zero attached hydrogens (tertiary/aromatic N) is 2. The molecule has 9 heteroatoms. The number of rotatable bonds is 6. The van der Waals surface area contributed by atoms with Crippen molar-refractivity contribution in [2.24, 2.45) is 0 Å². The van der Waals surface area contributed by atoms with Crippen molar-refractivity contribution in [3.8, 4) is 5.75 Å². The molecule has 134 valence electrons. The fourth-order valence-electron chi connectivity index (χ4n) is 2.38. The van der Waals surface area contributed by atoms with Gasteiger partial charge in [0.05, 0.1) is 27.6 Å². The number of hydrogen-bond donors (Lipinski definition) is 0. The second kappa shape index (κ2) is 7.28. The van der Waals surface area contributed by atoms with Crippen molar-refractivity contribution < 1.29 is 18.1 Å². The van der Waals surface area contributed by atoms with Gasteiger partial charge in [-0.1, -0.05) is 17.7 Å². The number of halogens is 1. The van der Waals surface area contributed by atoms with E-state index in [0.29, 0.717) is 17.0 Å². The summed E-state index contributed by atoms with van der Waals surface area (Å²) in [6.45, 7) is 3.35. The number of benzene rings is 2. The minimum atomic E-state index is -3.98. The largest absolute Gasteiger partial charge is 0.495 e. The molecule has 0 aliphatic rings. The summed E-state index contributed by atoms with van der Waals surface area (Å²) in [6.07, 6.45) is 0. The second-order valence-corrected chi connectivity index (χ2v) is 7.46. The monoisotopic (exact) mass is 384 g/mol. The summed E-state index contributed by atoms with van der Waals surface area (Å²) in [5.74, 6) is 0.421. The summed E-state index contributed by atoms with van der Waals surface area (Å²) >= 11 is 6.08. The normalized spacial score (nSPS) is 11.2. The smallest absolute Gasteiger partial charge is 0.273 e. The summed E-state index contributed by atoms with van der Waals surface area (Å²) in [4.78, 5) is 10.3. The molecule has 0 unspecified atom stereocenters. The Morgan fingerprint density at radius 1 is 1.24 bits per heavy atom. The van der Waals surface area contributed by atoms with Crippen molar-refractivity contribution in [1.29, 1.82) is 0 Å². The number of anilines is 1. The highest BCUT2D eigenvalue weighted by molar-refractivity contribution is 7.92. The third kappa shape index (κ3) is 3.69. The van der Waals surface area contributed by atoms with Gasteiger partial charge < -0.3 is 4.74 Å². The van der Waals surface area contributed by atoms with Gasteiger partial charge in [-0.2, -0.15) is 0 Å². The lowest BCUT2D eigenvalue weighted by molar-refractivity contribution is -0.385. The van der Waals surface area contributed by atoms with Crippen molar-refractivity contribution >= 4 is 33.0 Å². The van der Waals surface area contributed by atoms with E-state index in [0.717, 1.165) is 10.4 Å². The fraction of sp³-hybridized carbons (Fsp3) is 0.250. The molecule has 0 aliphatic carbocycles. The number of ether oxygens (including phenoxy) is 1. The number of nitro benzene ring substituents is 1. The molecule has 0 atom stereocenters. The van der Waals surface area contributed by atoms with Crippen molar-refractivity contribution in [2.45, 2.75) is 18.7 Å². The molecule has 0 N–H and O–H groups in total. The third-order valence-corrected chi connectivity index (χ3v) is 5.87. The summed E-state index contributed by atoms with van der Waals surface area (Å²) in [5, 5.41) is 11.4. The predicted molar refractivity (Wildman–Crippen MR) is 96.0 cm³/mol. The van der Waals surface area contributed by atoms with Gasteiger partial charge in [0.2, 0.25) is 0 Å². The topological polar surface area (TPSA) is 89.8 Å². The average Bonchev–Trinajstić information content (AvgIpc) is 2.55. The van der Waals surface area contributed by atoms with E-state index in [1.165, 1.54) is 25.3 Å². The minimum absolute atomic E-state index is 0.132. The summed E-state index contributed by atoms with van der Waals surface area (Å²) < 4.78 is 32.1. The van der Waals surface area contributed by atoms with Gasteiger partial charge in [-0.15, -0.1) is 0 Å². The Balaban J connectivity index is 2.54. The molecule has 0 fully saturated rings. The van der Waals surface area contributed by atoms with Crippen LogP contribution in [0, 0.1) is 17.0 Å². The van der Waals surface area contributed by atoms with Crippen LogP contribution in [0.2, 0.25) is 5.02 Å². The Hall–Kier alpha value is -2.32. The van der Waals surface area contributed by atoms with Gasteiger partial charge in [0.15, 0.2) is 0 Å². The molecular formula is C16H17ClN2O5S. The maximum absolute atomic E-state index is 12.9. The lowest BCUT2D eigenvalue weighted by Gasteiger charge is -2.23. The molecule has 0 bridgehead atoms. The molecule has 0 amide bonds. The van der Waals surface area contributed by atoms with Crippen LogP contribution in [0.4, 0.5) is 11.4 Å². The van der Waals surface area contributed by atoms with E-state index in [2.05, 4.69) is 0 Å². The van der Waals surface area contributed by atoms with E-state index in [9.17, 15) is 18.5 Å². The van der Waals surface area contributed by atoms with Gasteiger partial charge in [0.25, 0.3) is 15.7 Å². The van der Waals surface area contributed by atoms with E-state index in [1.807, 2.05) is 0 Å². The molecule has 25 heavy (non-hydrogen) atoms. The standard InChI is InChI=1S/C16H17ClN2O5S/c1-4-18(12-6-8-16(24-3)14(17)9-12)25(22,23)13-7-5-11(2)15(10-13)19(20)21/h5-10H,4H2,1-3H3. The van der Waals surface area contributed by atoms with Crippen molar-refractivity contribution in [3.63, 3.8) is 0 Å². The van der Waals surface area contributed by atoms with Crippen molar-refractivity contribution in [3.05, 3.63) is 57.1 Å². The lowest BCUT2D eigenvalue weighted by atomic mass is 10.2. The third-order valence-electron chi connectivity index (χ3n) is 3.68. The Morgan fingerprint density at radius 2 is 1.92 bits per heavy atom. The first-order valence-corrected chi connectivity index (χ1v) is 9.15. The maximum atomic E-state index is 12.9. The Morgan fingerprint density at radius 3 is 2.44 bits per heavy atom. The van der Waals surface area contributed by atoms with Crippen LogP contribution in [-0.2, 0) is 10.0 Å². The van der Waals surface area contributed by atoms with Crippen LogP contribution in [0.3, 0.4) is 0 Å². The summed E-state index contributed by atoms with van der Waals surface area (Å²) in [7, 11) is -2.52. The average molecular weight is 385 g/mol. The van der Waals surface area contributed by atoms with Crippen LogP contribution in [0.25, 0.3) is 0 Å². The predicted octanol–water partition coefficient (Wildman–Crippen LogP) is 3.78. The van der Waals surface area contributed by atoms with Crippen molar-refractivity contribution in [2.75, 3.05) is 18.0 Å².